The summed E-state index contributed by atoms with van der Waals surface area (Å²) in [5, 5.41) is 11.7. The molecule has 4 heteroatoms. The quantitative estimate of drug-likeness (QED) is 0.817. The minimum atomic E-state index is -0.436. The van der Waals surface area contributed by atoms with Crippen LogP contribution in [0.5, 0.6) is 0 Å². The Morgan fingerprint density at radius 2 is 2.19 bits per heavy atom. The van der Waals surface area contributed by atoms with Gasteiger partial charge >= 0.3 is 0 Å². The van der Waals surface area contributed by atoms with Crippen LogP contribution in [-0.2, 0) is 0 Å². The summed E-state index contributed by atoms with van der Waals surface area (Å²) in [6.45, 7) is 3.99. The molecule has 0 aliphatic carbocycles. The van der Waals surface area contributed by atoms with Gasteiger partial charge in [-0.1, -0.05) is 19.9 Å². The van der Waals surface area contributed by atoms with Gasteiger partial charge in [0.05, 0.1) is 0 Å². The summed E-state index contributed by atoms with van der Waals surface area (Å²) in [6.07, 6.45) is 0. The minimum Gasteiger partial charge on any atom is -0.396 e. The van der Waals surface area contributed by atoms with Crippen LogP contribution in [0.15, 0.2) is 24.3 Å². The molecule has 0 heterocycles. The summed E-state index contributed by atoms with van der Waals surface area (Å²) in [6, 6.07) is 5.50. The number of benzene rings is 1. The third-order valence-electron chi connectivity index (χ3n) is 2.24. The molecule has 0 saturated carbocycles. The van der Waals surface area contributed by atoms with E-state index in [-0.39, 0.29) is 23.5 Å². The first kappa shape index (κ1) is 12.6. The second-order valence-corrected chi connectivity index (χ2v) is 4.52. The van der Waals surface area contributed by atoms with E-state index in [0.717, 1.165) is 0 Å². The molecule has 3 nitrogen and oxygen atoms in total. The largest absolute Gasteiger partial charge is 0.396 e. The molecule has 0 aliphatic heterocycles. The van der Waals surface area contributed by atoms with Crippen molar-refractivity contribution in [2.24, 2.45) is 5.41 Å². The monoisotopic (exact) mass is 225 g/mol. The van der Waals surface area contributed by atoms with Gasteiger partial charge in [0.2, 0.25) is 0 Å². The second kappa shape index (κ2) is 5.07. The molecule has 0 atom stereocenters. The molecule has 0 bridgehead atoms. The predicted octanol–water partition coefficient (Wildman–Crippen LogP) is 1.57. The number of carbonyl (C=O) groups is 1. The van der Waals surface area contributed by atoms with Crippen molar-refractivity contribution in [3.8, 4) is 0 Å². The zero-order valence-corrected chi connectivity index (χ0v) is 9.46. The standard InChI is InChI=1S/C12H16FNO2/c1-12(2,8-15)7-14-11(16)9-4-3-5-10(13)6-9/h3-6,15H,7-8H2,1-2H3,(H,14,16). The molecule has 0 unspecified atom stereocenters. The molecule has 88 valence electrons. The van der Waals surface area contributed by atoms with Crippen LogP contribution in [0.25, 0.3) is 0 Å². The van der Waals surface area contributed by atoms with Crippen molar-refractivity contribution in [3.63, 3.8) is 0 Å². The van der Waals surface area contributed by atoms with Gasteiger partial charge in [0.15, 0.2) is 0 Å². The van der Waals surface area contributed by atoms with Crippen LogP contribution in [0.2, 0.25) is 0 Å². The van der Waals surface area contributed by atoms with Crippen LogP contribution >= 0.6 is 0 Å². The maximum atomic E-state index is 12.8. The average Bonchev–Trinajstić information content (AvgIpc) is 2.26. The van der Waals surface area contributed by atoms with Crippen LogP contribution in [-0.4, -0.2) is 24.2 Å². The van der Waals surface area contributed by atoms with Crippen LogP contribution in [0.1, 0.15) is 24.2 Å². The highest BCUT2D eigenvalue weighted by atomic mass is 19.1. The van der Waals surface area contributed by atoms with E-state index in [1.165, 1.54) is 18.2 Å². The van der Waals surface area contributed by atoms with Gasteiger partial charge in [0, 0.05) is 24.1 Å². The van der Waals surface area contributed by atoms with Gasteiger partial charge in [-0.2, -0.15) is 0 Å². The highest BCUT2D eigenvalue weighted by Crippen LogP contribution is 2.12. The molecular formula is C12H16FNO2. The lowest BCUT2D eigenvalue weighted by Crippen LogP contribution is -2.36. The Kier molecular flexibility index (Phi) is 4.01. The van der Waals surface area contributed by atoms with Crippen molar-refractivity contribution in [2.45, 2.75) is 13.8 Å². The van der Waals surface area contributed by atoms with Crippen molar-refractivity contribution in [3.05, 3.63) is 35.6 Å². The van der Waals surface area contributed by atoms with Crippen molar-refractivity contribution in [1.82, 2.24) is 5.32 Å². The highest BCUT2D eigenvalue weighted by Gasteiger charge is 2.17. The Balaban J connectivity index is 2.60. The fourth-order valence-electron chi connectivity index (χ4n) is 1.11. The number of aliphatic hydroxyl groups is 1. The maximum absolute atomic E-state index is 12.8. The molecule has 1 amide bonds. The number of hydrogen-bond donors (Lipinski definition) is 2. The van der Waals surface area contributed by atoms with E-state index in [2.05, 4.69) is 5.32 Å². The lowest BCUT2D eigenvalue weighted by atomic mass is 9.95. The number of hydrogen-bond acceptors (Lipinski definition) is 2. The normalized spacial score (nSPS) is 11.2. The number of nitrogens with one attached hydrogen (secondary N) is 1. The van der Waals surface area contributed by atoms with Gasteiger partial charge in [-0.05, 0) is 18.2 Å². The first-order valence-corrected chi connectivity index (χ1v) is 5.09. The fraction of sp³-hybridized carbons (Fsp3) is 0.417. The Morgan fingerprint density at radius 1 is 1.50 bits per heavy atom. The smallest absolute Gasteiger partial charge is 0.251 e. The van der Waals surface area contributed by atoms with Crippen LogP contribution in [0.4, 0.5) is 4.39 Å². The SMILES string of the molecule is CC(C)(CO)CNC(=O)c1cccc(F)c1. The molecular weight excluding hydrogens is 209 g/mol. The molecule has 0 spiro atoms. The number of rotatable bonds is 4. The molecule has 1 aromatic carbocycles. The van der Waals surface area contributed by atoms with Crippen LogP contribution in [0, 0.1) is 11.2 Å². The number of aliphatic hydroxyl groups excluding tert-OH is 1. The summed E-state index contributed by atoms with van der Waals surface area (Å²) >= 11 is 0. The summed E-state index contributed by atoms with van der Waals surface area (Å²) in [7, 11) is 0. The zero-order chi connectivity index (χ0) is 12.2. The Morgan fingerprint density at radius 3 is 2.75 bits per heavy atom. The van der Waals surface area contributed by atoms with E-state index in [1.807, 2.05) is 13.8 Å². The van der Waals surface area contributed by atoms with Gasteiger partial charge in [-0.15, -0.1) is 0 Å². The number of halogens is 1. The van der Waals surface area contributed by atoms with Gasteiger partial charge in [-0.3, -0.25) is 4.79 Å². The van der Waals surface area contributed by atoms with Gasteiger partial charge in [-0.25, -0.2) is 4.39 Å². The van der Waals surface area contributed by atoms with E-state index in [9.17, 15) is 9.18 Å². The Bertz CT molecular complexity index is 377. The summed E-state index contributed by atoms with van der Waals surface area (Å²) in [4.78, 5) is 11.6. The third kappa shape index (κ3) is 3.62. The van der Waals surface area contributed by atoms with E-state index in [0.29, 0.717) is 6.54 Å². The molecule has 1 aromatic rings. The first-order valence-electron chi connectivity index (χ1n) is 5.09. The lowest BCUT2D eigenvalue weighted by Gasteiger charge is -2.21. The molecule has 0 aliphatic rings. The van der Waals surface area contributed by atoms with Crippen LogP contribution in [0.3, 0.4) is 0 Å². The number of amides is 1. The van der Waals surface area contributed by atoms with E-state index >= 15 is 0 Å². The highest BCUT2D eigenvalue weighted by molar-refractivity contribution is 5.94. The Labute approximate surface area is 94.3 Å². The van der Waals surface area contributed by atoms with Gasteiger partial charge < -0.3 is 10.4 Å². The molecule has 1 rings (SSSR count). The van der Waals surface area contributed by atoms with Crippen molar-refractivity contribution in [1.29, 1.82) is 0 Å². The Hall–Kier alpha value is -1.42. The summed E-state index contributed by atoms with van der Waals surface area (Å²) in [5.41, 5.74) is -0.0862. The molecule has 0 aromatic heterocycles. The van der Waals surface area contributed by atoms with Gasteiger partial charge in [0.25, 0.3) is 5.91 Å². The minimum absolute atomic E-state index is 0.0174. The van der Waals surface area contributed by atoms with Crippen molar-refractivity contribution >= 4 is 5.91 Å². The van der Waals surface area contributed by atoms with Crippen molar-refractivity contribution in [2.75, 3.05) is 13.2 Å². The molecule has 2 N–H and O–H groups in total. The molecule has 0 radical (unpaired) electrons. The fourth-order valence-corrected chi connectivity index (χ4v) is 1.11. The maximum Gasteiger partial charge on any atom is 0.251 e. The molecule has 16 heavy (non-hydrogen) atoms. The first-order chi connectivity index (χ1) is 7.44. The average molecular weight is 225 g/mol. The van der Waals surface area contributed by atoms with E-state index in [1.54, 1.807) is 6.07 Å². The van der Waals surface area contributed by atoms with E-state index in [4.69, 9.17) is 5.11 Å². The summed E-state index contributed by atoms with van der Waals surface area (Å²) in [5.74, 6) is -0.768. The predicted molar refractivity (Wildman–Crippen MR) is 59.6 cm³/mol. The van der Waals surface area contributed by atoms with E-state index < -0.39 is 5.82 Å². The third-order valence-corrected chi connectivity index (χ3v) is 2.24. The molecule has 0 fully saturated rings. The lowest BCUT2D eigenvalue weighted by molar-refractivity contribution is 0.0910. The molecule has 0 saturated heterocycles. The summed E-state index contributed by atoms with van der Waals surface area (Å²) < 4.78 is 12.8. The number of carbonyl (C=O) groups excluding carboxylic acids is 1. The van der Waals surface area contributed by atoms with Crippen molar-refractivity contribution < 1.29 is 14.3 Å². The topological polar surface area (TPSA) is 49.3 Å². The van der Waals surface area contributed by atoms with Crippen LogP contribution < -0.4 is 5.32 Å². The second-order valence-electron chi connectivity index (χ2n) is 4.52. The van der Waals surface area contributed by atoms with Gasteiger partial charge in [0.1, 0.15) is 5.82 Å². The zero-order valence-electron chi connectivity index (χ0n) is 9.46.